The van der Waals surface area contributed by atoms with Gasteiger partial charge in [0.15, 0.2) is 0 Å². The molecule has 120 valence electrons. The van der Waals surface area contributed by atoms with E-state index in [1.807, 2.05) is 6.07 Å². The quantitative estimate of drug-likeness (QED) is 0.843. The number of morpholine rings is 1. The van der Waals surface area contributed by atoms with Crippen molar-refractivity contribution in [3.63, 3.8) is 0 Å². The van der Waals surface area contributed by atoms with Gasteiger partial charge in [-0.2, -0.15) is 0 Å². The fourth-order valence-corrected chi connectivity index (χ4v) is 3.08. The molecule has 7 nitrogen and oxygen atoms in total. The zero-order chi connectivity index (χ0) is 15.6. The second-order valence-electron chi connectivity index (χ2n) is 5.75. The van der Waals surface area contributed by atoms with Gasteiger partial charge in [0, 0.05) is 37.5 Å². The van der Waals surface area contributed by atoms with Crippen LogP contribution >= 0.6 is 0 Å². The zero-order valence-electron chi connectivity index (χ0n) is 13.3. The molecule has 0 N–H and O–H groups in total. The number of aryl methyl sites for hydroxylation is 1. The number of fused-ring (bicyclic) bond motifs is 1. The Balaban J connectivity index is 1.69. The van der Waals surface area contributed by atoms with Gasteiger partial charge in [-0.1, -0.05) is 6.92 Å². The van der Waals surface area contributed by atoms with E-state index in [9.17, 15) is 0 Å². The van der Waals surface area contributed by atoms with Crippen LogP contribution in [0.4, 0.5) is 11.8 Å². The molecular formula is C16H20N6O. The summed E-state index contributed by atoms with van der Waals surface area (Å²) in [5.74, 6) is 2.71. The highest BCUT2D eigenvalue weighted by molar-refractivity contribution is 5.55. The van der Waals surface area contributed by atoms with E-state index >= 15 is 0 Å². The Morgan fingerprint density at radius 3 is 2.57 bits per heavy atom. The second-order valence-corrected chi connectivity index (χ2v) is 5.75. The van der Waals surface area contributed by atoms with Gasteiger partial charge < -0.3 is 14.5 Å². The van der Waals surface area contributed by atoms with Crippen LogP contribution in [0.1, 0.15) is 24.0 Å². The second kappa shape index (κ2) is 6.08. The highest BCUT2D eigenvalue weighted by Gasteiger charge is 2.29. The van der Waals surface area contributed by atoms with E-state index in [1.165, 1.54) is 5.56 Å². The Morgan fingerprint density at radius 1 is 1.04 bits per heavy atom. The molecule has 2 aliphatic heterocycles. The molecule has 0 atom stereocenters. The molecule has 23 heavy (non-hydrogen) atoms. The van der Waals surface area contributed by atoms with Gasteiger partial charge in [0.2, 0.25) is 5.95 Å². The molecule has 1 saturated heterocycles. The molecule has 0 amide bonds. The summed E-state index contributed by atoms with van der Waals surface area (Å²) in [6.07, 6.45) is 4.39. The van der Waals surface area contributed by atoms with Crippen molar-refractivity contribution < 1.29 is 4.74 Å². The number of hydrogen-bond donors (Lipinski definition) is 0. The fourth-order valence-electron chi connectivity index (χ4n) is 3.08. The lowest BCUT2D eigenvalue weighted by Gasteiger charge is -2.29. The van der Waals surface area contributed by atoms with Crippen LogP contribution in [0.5, 0.6) is 0 Å². The largest absolute Gasteiger partial charge is 0.378 e. The van der Waals surface area contributed by atoms with E-state index in [-0.39, 0.29) is 0 Å². The number of anilines is 2. The van der Waals surface area contributed by atoms with Gasteiger partial charge in [-0.15, -0.1) is 0 Å². The SMILES string of the molecule is CCc1nc2c(c(N3CCOCC3)n1)CN(c1ncccn1)C2. The molecule has 1 fully saturated rings. The van der Waals surface area contributed by atoms with Gasteiger partial charge in [-0.05, 0) is 6.07 Å². The van der Waals surface area contributed by atoms with Crippen molar-refractivity contribution in [3.8, 4) is 0 Å². The van der Waals surface area contributed by atoms with E-state index in [1.54, 1.807) is 12.4 Å². The molecule has 0 unspecified atom stereocenters. The van der Waals surface area contributed by atoms with Crippen LogP contribution < -0.4 is 9.80 Å². The third-order valence-corrected chi connectivity index (χ3v) is 4.27. The summed E-state index contributed by atoms with van der Waals surface area (Å²) in [6, 6.07) is 1.83. The Kier molecular flexibility index (Phi) is 3.78. The molecule has 0 aromatic carbocycles. The van der Waals surface area contributed by atoms with E-state index in [0.29, 0.717) is 0 Å². The van der Waals surface area contributed by atoms with Gasteiger partial charge in [0.05, 0.1) is 32.0 Å². The van der Waals surface area contributed by atoms with Crippen molar-refractivity contribution >= 4 is 11.8 Å². The smallest absolute Gasteiger partial charge is 0.225 e. The average Bonchev–Trinajstić information content (AvgIpc) is 3.06. The van der Waals surface area contributed by atoms with E-state index in [4.69, 9.17) is 14.7 Å². The highest BCUT2D eigenvalue weighted by Crippen LogP contribution is 2.31. The molecule has 2 aliphatic rings. The summed E-state index contributed by atoms with van der Waals surface area (Å²) in [5, 5.41) is 0. The Labute approximate surface area is 135 Å². The molecule has 0 aliphatic carbocycles. The van der Waals surface area contributed by atoms with Gasteiger partial charge in [-0.25, -0.2) is 19.9 Å². The lowest BCUT2D eigenvalue weighted by molar-refractivity contribution is 0.122. The normalized spacial score (nSPS) is 17.4. The third kappa shape index (κ3) is 2.72. The maximum atomic E-state index is 5.47. The first-order chi connectivity index (χ1) is 11.3. The summed E-state index contributed by atoms with van der Waals surface area (Å²) in [7, 11) is 0. The molecule has 0 spiro atoms. The molecule has 0 saturated carbocycles. The van der Waals surface area contributed by atoms with Crippen molar-refractivity contribution in [3.05, 3.63) is 35.5 Å². The van der Waals surface area contributed by atoms with Crippen LogP contribution in [0.15, 0.2) is 18.5 Å². The Hall–Kier alpha value is -2.28. The van der Waals surface area contributed by atoms with Crippen LogP contribution in [-0.4, -0.2) is 46.2 Å². The fraction of sp³-hybridized carbons (Fsp3) is 0.500. The summed E-state index contributed by atoms with van der Waals surface area (Å²) in [4.78, 5) is 22.7. The van der Waals surface area contributed by atoms with Crippen LogP contribution in [0.3, 0.4) is 0 Å². The monoisotopic (exact) mass is 312 g/mol. The molecule has 2 aromatic heterocycles. The maximum Gasteiger partial charge on any atom is 0.225 e. The van der Waals surface area contributed by atoms with Crippen LogP contribution in [0.2, 0.25) is 0 Å². The van der Waals surface area contributed by atoms with Crippen molar-refractivity contribution in [1.29, 1.82) is 0 Å². The highest BCUT2D eigenvalue weighted by atomic mass is 16.5. The van der Waals surface area contributed by atoms with Crippen LogP contribution in [0, 0.1) is 0 Å². The van der Waals surface area contributed by atoms with Crippen molar-refractivity contribution in [1.82, 2.24) is 19.9 Å². The van der Waals surface area contributed by atoms with E-state index in [0.717, 1.165) is 69.1 Å². The topological polar surface area (TPSA) is 67.3 Å². The zero-order valence-corrected chi connectivity index (χ0v) is 13.3. The molecule has 0 bridgehead atoms. The van der Waals surface area contributed by atoms with Gasteiger partial charge in [-0.3, -0.25) is 0 Å². The maximum absolute atomic E-state index is 5.47. The molecule has 4 heterocycles. The lowest BCUT2D eigenvalue weighted by atomic mass is 10.2. The number of hydrogen-bond acceptors (Lipinski definition) is 7. The molecular weight excluding hydrogens is 292 g/mol. The molecule has 2 aromatic rings. The number of ether oxygens (including phenoxy) is 1. The molecule has 7 heteroatoms. The first-order valence-corrected chi connectivity index (χ1v) is 8.08. The molecule has 4 rings (SSSR count). The summed E-state index contributed by atoms with van der Waals surface area (Å²) in [5.41, 5.74) is 2.31. The van der Waals surface area contributed by atoms with Gasteiger partial charge in [0.1, 0.15) is 11.6 Å². The summed E-state index contributed by atoms with van der Waals surface area (Å²) >= 11 is 0. The third-order valence-electron chi connectivity index (χ3n) is 4.27. The lowest BCUT2D eigenvalue weighted by Crippen LogP contribution is -2.37. The number of nitrogens with zero attached hydrogens (tertiary/aromatic N) is 6. The van der Waals surface area contributed by atoms with Crippen LogP contribution in [-0.2, 0) is 24.2 Å². The summed E-state index contributed by atoms with van der Waals surface area (Å²) in [6.45, 7) is 6.88. The molecule has 0 radical (unpaired) electrons. The van der Waals surface area contributed by atoms with E-state index < -0.39 is 0 Å². The first-order valence-electron chi connectivity index (χ1n) is 8.08. The standard InChI is InChI=1S/C16H20N6O/c1-2-14-19-13-11-22(16-17-4-3-5-18-16)10-12(13)15(20-14)21-6-8-23-9-7-21/h3-5H,2,6-11H2,1H3. The van der Waals surface area contributed by atoms with Crippen LogP contribution in [0.25, 0.3) is 0 Å². The first kappa shape index (κ1) is 14.3. The predicted molar refractivity (Wildman–Crippen MR) is 86.4 cm³/mol. The van der Waals surface area contributed by atoms with Crippen molar-refractivity contribution in [2.24, 2.45) is 0 Å². The van der Waals surface area contributed by atoms with Crippen molar-refractivity contribution in [2.75, 3.05) is 36.1 Å². The van der Waals surface area contributed by atoms with Gasteiger partial charge >= 0.3 is 0 Å². The van der Waals surface area contributed by atoms with E-state index in [2.05, 4.69) is 26.7 Å². The van der Waals surface area contributed by atoms with Crippen molar-refractivity contribution in [2.45, 2.75) is 26.4 Å². The number of aromatic nitrogens is 4. The summed E-state index contributed by atoms with van der Waals surface area (Å²) < 4.78 is 5.47. The average molecular weight is 312 g/mol. The number of rotatable bonds is 3. The Morgan fingerprint density at radius 2 is 1.83 bits per heavy atom. The minimum atomic E-state index is 0.742. The minimum Gasteiger partial charge on any atom is -0.378 e. The minimum absolute atomic E-state index is 0.742. The Bertz CT molecular complexity index is 686. The predicted octanol–water partition coefficient (Wildman–Crippen LogP) is 1.19. The van der Waals surface area contributed by atoms with Gasteiger partial charge in [0.25, 0.3) is 0 Å².